The normalized spacial score (nSPS) is 17.1. The number of fused-ring (bicyclic) bond motifs is 1. The third-order valence-corrected chi connectivity index (χ3v) is 10.3. The lowest BCUT2D eigenvalue weighted by molar-refractivity contribution is -0.115. The van der Waals surface area contributed by atoms with Gasteiger partial charge in [0.1, 0.15) is 10.7 Å². The third kappa shape index (κ3) is 6.21. The molecule has 218 valence electrons. The summed E-state index contributed by atoms with van der Waals surface area (Å²) >= 11 is 1.50. The Labute approximate surface area is 250 Å². The van der Waals surface area contributed by atoms with Crippen LogP contribution in [0.4, 0.5) is 21.5 Å². The molecule has 0 bridgehead atoms. The Kier molecular flexibility index (Phi) is 8.28. The van der Waals surface area contributed by atoms with Crippen LogP contribution >= 0.6 is 11.3 Å². The first-order valence-corrected chi connectivity index (χ1v) is 16.5. The molecule has 1 fully saturated rings. The molecule has 1 saturated heterocycles. The Morgan fingerprint density at radius 1 is 0.905 bits per heavy atom. The van der Waals surface area contributed by atoms with Gasteiger partial charge in [0.05, 0.1) is 17.8 Å². The molecular formula is C32H33FN4O3S2. The van der Waals surface area contributed by atoms with Crippen LogP contribution in [-0.4, -0.2) is 40.5 Å². The fraction of sp³-hybridized carbons (Fsp3) is 0.281. The second kappa shape index (κ2) is 12.2. The number of carbonyl (C=O) groups excluding carboxylic acids is 1. The van der Waals surface area contributed by atoms with Crippen LogP contribution in [-0.2, 0) is 27.7 Å². The molecule has 0 unspecified atom stereocenters. The van der Waals surface area contributed by atoms with E-state index >= 15 is 0 Å². The standard InChI is InChI=1S/C32H33FN4O3S2/c33-27-11-3-4-13-29(27)36-16-18-37(19-17-36)30-15-14-24(34-32(38)22-25-9-6-20-41-25)21-31(30)42(39,40)35-28-12-5-8-23-7-1-2-10-26(23)28/h1-4,6-7,9-11,13-15,20-21,28,35H,5,8,12,16-19,22H2,(H,34,38)/t28-/m1/s1. The summed E-state index contributed by atoms with van der Waals surface area (Å²) in [5.74, 6) is -0.477. The van der Waals surface area contributed by atoms with Crippen LogP contribution in [0.5, 0.6) is 0 Å². The number of nitrogens with one attached hydrogen (secondary N) is 2. The predicted octanol–water partition coefficient (Wildman–Crippen LogP) is 5.75. The maximum Gasteiger partial charge on any atom is 0.243 e. The van der Waals surface area contributed by atoms with Gasteiger partial charge in [-0.3, -0.25) is 4.79 Å². The first-order chi connectivity index (χ1) is 20.4. The average Bonchev–Trinajstić information content (AvgIpc) is 3.50. The first-order valence-electron chi connectivity index (χ1n) is 14.2. The van der Waals surface area contributed by atoms with Crippen molar-refractivity contribution in [2.75, 3.05) is 41.3 Å². The highest BCUT2D eigenvalue weighted by Crippen LogP contribution is 2.35. The average molecular weight is 605 g/mol. The topological polar surface area (TPSA) is 81.8 Å². The zero-order chi connectivity index (χ0) is 29.1. The molecule has 4 aromatic rings. The van der Waals surface area contributed by atoms with E-state index in [4.69, 9.17) is 0 Å². The van der Waals surface area contributed by atoms with Gasteiger partial charge < -0.3 is 15.1 Å². The number of anilines is 3. The van der Waals surface area contributed by atoms with Gasteiger partial charge in [0.2, 0.25) is 15.9 Å². The maximum absolute atomic E-state index is 14.4. The van der Waals surface area contributed by atoms with E-state index in [0.717, 1.165) is 28.8 Å². The third-order valence-electron chi connectivity index (χ3n) is 7.93. The van der Waals surface area contributed by atoms with Crippen molar-refractivity contribution in [3.05, 3.63) is 106 Å². The lowest BCUT2D eigenvalue weighted by Crippen LogP contribution is -2.47. The van der Waals surface area contributed by atoms with E-state index in [0.29, 0.717) is 49.7 Å². The van der Waals surface area contributed by atoms with Gasteiger partial charge in [0.15, 0.2) is 0 Å². The number of amides is 1. The first kappa shape index (κ1) is 28.4. The molecule has 1 atom stereocenters. The van der Waals surface area contributed by atoms with E-state index in [1.54, 1.807) is 30.3 Å². The lowest BCUT2D eigenvalue weighted by atomic mass is 9.88. The molecule has 1 aliphatic carbocycles. The van der Waals surface area contributed by atoms with Crippen LogP contribution in [0.2, 0.25) is 0 Å². The number of aryl methyl sites for hydroxylation is 1. The van der Waals surface area contributed by atoms with Crippen molar-refractivity contribution < 1.29 is 17.6 Å². The molecule has 0 spiro atoms. The van der Waals surface area contributed by atoms with Gasteiger partial charge in [-0.15, -0.1) is 11.3 Å². The second-order valence-corrected chi connectivity index (χ2v) is 13.4. The van der Waals surface area contributed by atoms with Crippen molar-refractivity contribution in [3.63, 3.8) is 0 Å². The number of nitrogens with zero attached hydrogens (tertiary/aromatic N) is 2. The van der Waals surface area contributed by atoms with E-state index in [9.17, 15) is 17.6 Å². The highest BCUT2D eigenvalue weighted by atomic mass is 32.2. The van der Waals surface area contributed by atoms with Crippen molar-refractivity contribution in [1.29, 1.82) is 0 Å². The summed E-state index contributed by atoms with van der Waals surface area (Å²) in [5, 5.41) is 4.80. The molecule has 0 radical (unpaired) electrons. The fourth-order valence-electron chi connectivity index (χ4n) is 5.87. The van der Waals surface area contributed by atoms with Gasteiger partial charge in [-0.2, -0.15) is 0 Å². The number of carbonyl (C=O) groups is 1. The number of sulfonamides is 1. The van der Waals surface area contributed by atoms with E-state index < -0.39 is 10.0 Å². The van der Waals surface area contributed by atoms with Crippen molar-refractivity contribution in [1.82, 2.24) is 4.72 Å². The Morgan fingerprint density at radius 2 is 1.64 bits per heavy atom. The van der Waals surface area contributed by atoms with Crippen LogP contribution < -0.4 is 19.8 Å². The molecule has 0 saturated carbocycles. The smallest absolute Gasteiger partial charge is 0.243 e. The molecule has 1 aliphatic heterocycles. The number of thiophene rings is 1. The van der Waals surface area contributed by atoms with E-state index in [2.05, 4.69) is 16.1 Å². The van der Waals surface area contributed by atoms with Crippen molar-refractivity contribution in [2.24, 2.45) is 0 Å². The molecule has 2 aliphatic rings. The fourth-order valence-corrected chi connectivity index (χ4v) is 8.07. The molecule has 2 heterocycles. The Hall–Kier alpha value is -3.73. The number of para-hydroxylation sites is 1. The lowest BCUT2D eigenvalue weighted by Gasteiger charge is -2.38. The van der Waals surface area contributed by atoms with E-state index in [1.807, 2.05) is 51.6 Å². The van der Waals surface area contributed by atoms with E-state index in [-0.39, 0.29) is 29.1 Å². The molecule has 7 nitrogen and oxygen atoms in total. The van der Waals surface area contributed by atoms with Crippen LogP contribution in [0.1, 0.15) is 34.9 Å². The zero-order valence-electron chi connectivity index (χ0n) is 23.1. The molecule has 1 aromatic heterocycles. The van der Waals surface area contributed by atoms with Crippen molar-refractivity contribution >= 4 is 44.3 Å². The Balaban J connectivity index is 1.28. The summed E-state index contributed by atoms with van der Waals surface area (Å²) in [7, 11) is -3.98. The Morgan fingerprint density at radius 3 is 2.40 bits per heavy atom. The summed E-state index contributed by atoms with van der Waals surface area (Å²) in [6.07, 6.45) is 2.76. The number of hydrogen-bond acceptors (Lipinski definition) is 6. The summed E-state index contributed by atoms with van der Waals surface area (Å²) in [4.78, 5) is 17.8. The highest BCUT2D eigenvalue weighted by molar-refractivity contribution is 7.89. The monoisotopic (exact) mass is 604 g/mol. The van der Waals surface area contributed by atoms with Crippen LogP contribution in [0, 0.1) is 5.82 Å². The molecular weight excluding hydrogens is 572 g/mol. The van der Waals surface area contributed by atoms with Crippen LogP contribution in [0.3, 0.4) is 0 Å². The van der Waals surface area contributed by atoms with Gasteiger partial charge in [0, 0.05) is 42.8 Å². The summed E-state index contributed by atoms with van der Waals surface area (Å²) in [5.41, 5.74) is 3.71. The van der Waals surface area contributed by atoms with Crippen LogP contribution in [0.25, 0.3) is 0 Å². The number of benzene rings is 3. The van der Waals surface area contributed by atoms with Gasteiger partial charge in [-0.25, -0.2) is 17.5 Å². The van der Waals surface area contributed by atoms with Gasteiger partial charge in [-0.1, -0.05) is 42.5 Å². The molecule has 42 heavy (non-hydrogen) atoms. The summed E-state index contributed by atoms with van der Waals surface area (Å²) in [6, 6.07) is 23.2. The minimum Gasteiger partial charge on any atom is -0.367 e. The maximum atomic E-state index is 14.4. The van der Waals surface area contributed by atoms with Gasteiger partial charge >= 0.3 is 0 Å². The molecule has 2 N–H and O–H groups in total. The van der Waals surface area contributed by atoms with Crippen molar-refractivity contribution in [3.8, 4) is 0 Å². The number of piperazine rings is 1. The minimum atomic E-state index is -3.98. The van der Waals surface area contributed by atoms with E-state index in [1.165, 1.54) is 17.4 Å². The SMILES string of the molecule is O=C(Cc1cccs1)Nc1ccc(N2CCN(c3ccccc3F)CC2)c(S(=O)(=O)N[C@@H]2CCCc3ccccc32)c1. The zero-order valence-corrected chi connectivity index (χ0v) is 24.8. The predicted molar refractivity (Wildman–Crippen MR) is 166 cm³/mol. The number of rotatable bonds is 8. The highest BCUT2D eigenvalue weighted by Gasteiger charge is 2.30. The minimum absolute atomic E-state index is 0.124. The largest absolute Gasteiger partial charge is 0.367 e. The Bertz CT molecular complexity index is 1670. The molecule has 10 heteroatoms. The molecule has 6 rings (SSSR count). The molecule has 1 amide bonds. The summed E-state index contributed by atoms with van der Waals surface area (Å²) < 4.78 is 45.6. The number of halogens is 1. The van der Waals surface area contributed by atoms with Gasteiger partial charge in [-0.05, 0) is 72.2 Å². The quantitative estimate of drug-likeness (QED) is 0.268. The summed E-state index contributed by atoms with van der Waals surface area (Å²) in [6.45, 7) is 2.13. The van der Waals surface area contributed by atoms with Crippen LogP contribution in [0.15, 0.2) is 89.1 Å². The number of hydrogen-bond donors (Lipinski definition) is 2. The molecule has 3 aromatic carbocycles. The second-order valence-electron chi connectivity index (χ2n) is 10.7. The van der Waals surface area contributed by atoms with Crippen molar-refractivity contribution in [2.45, 2.75) is 36.6 Å². The van der Waals surface area contributed by atoms with Gasteiger partial charge in [0.25, 0.3) is 0 Å².